The summed E-state index contributed by atoms with van der Waals surface area (Å²) in [5.74, 6) is 0.135. The molecule has 1 aromatic heterocycles. The van der Waals surface area contributed by atoms with Crippen LogP contribution in [0, 0.1) is 0 Å². The van der Waals surface area contributed by atoms with Crippen molar-refractivity contribution < 1.29 is 17.9 Å². The van der Waals surface area contributed by atoms with E-state index in [1.54, 1.807) is 48.7 Å². The number of amides is 1. The van der Waals surface area contributed by atoms with Crippen LogP contribution >= 0.6 is 0 Å². The zero-order chi connectivity index (χ0) is 20.0. The molecule has 0 aliphatic heterocycles. The minimum absolute atomic E-state index is 0.0680. The first-order valence-electron chi connectivity index (χ1n) is 8.55. The Hall–Kier alpha value is -3.39. The second-order valence-electron chi connectivity index (χ2n) is 5.75. The van der Waals surface area contributed by atoms with Crippen LogP contribution in [0.2, 0.25) is 0 Å². The number of hydrogen-bond acceptors (Lipinski definition) is 5. The van der Waals surface area contributed by atoms with E-state index in [9.17, 15) is 13.2 Å². The highest BCUT2D eigenvalue weighted by Gasteiger charge is 2.19. The van der Waals surface area contributed by atoms with Crippen molar-refractivity contribution in [2.24, 2.45) is 0 Å². The van der Waals surface area contributed by atoms with Crippen molar-refractivity contribution >= 4 is 27.3 Å². The van der Waals surface area contributed by atoms with Gasteiger partial charge < -0.3 is 10.1 Å². The van der Waals surface area contributed by atoms with Gasteiger partial charge in [-0.05, 0) is 55.5 Å². The number of carbonyl (C=O) groups is 1. The zero-order valence-electron chi connectivity index (χ0n) is 15.1. The largest absolute Gasteiger partial charge is 0.494 e. The first-order chi connectivity index (χ1) is 13.5. The molecule has 3 rings (SSSR count). The first kappa shape index (κ1) is 19.4. The number of ether oxygens (including phenoxy) is 1. The Morgan fingerprint density at radius 3 is 2.46 bits per heavy atom. The number of nitrogens with one attached hydrogen (secondary N) is 2. The van der Waals surface area contributed by atoms with Crippen LogP contribution in [0.4, 0.5) is 11.4 Å². The molecule has 0 radical (unpaired) electrons. The van der Waals surface area contributed by atoms with E-state index in [0.29, 0.717) is 18.0 Å². The van der Waals surface area contributed by atoms with Gasteiger partial charge in [0, 0.05) is 6.20 Å². The lowest BCUT2D eigenvalue weighted by Crippen LogP contribution is -2.18. The highest BCUT2D eigenvalue weighted by molar-refractivity contribution is 7.92. The number of benzene rings is 2. The van der Waals surface area contributed by atoms with Crippen LogP contribution in [0.5, 0.6) is 5.75 Å². The monoisotopic (exact) mass is 397 g/mol. The molecule has 0 aliphatic rings. The SMILES string of the molecule is CCOc1ccc(S(=O)(=O)Nc2ccccc2C(=O)Nc2cccnc2)cc1. The van der Waals surface area contributed by atoms with Crippen molar-refractivity contribution in [2.75, 3.05) is 16.6 Å². The predicted molar refractivity (Wildman–Crippen MR) is 107 cm³/mol. The maximum Gasteiger partial charge on any atom is 0.261 e. The fraction of sp³-hybridized carbons (Fsp3) is 0.100. The molecule has 8 heteroatoms. The Labute approximate surface area is 163 Å². The average Bonchev–Trinajstić information content (AvgIpc) is 2.69. The molecule has 0 atom stereocenters. The maximum atomic E-state index is 12.7. The van der Waals surface area contributed by atoms with Crippen LogP contribution in [0.15, 0.2) is 78.0 Å². The summed E-state index contributed by atoms with van der Waals surface area (Å²) in [7, 11) is -3.87. The van der Waals surface area contributed by atoms with Gasteiger partial charge >= 0.3 is 0 Å². The fourth-order valence-corrected chi connectivity index (χ4v) is 3.57. The van der Waals surface area contributed by atoms with E-state index in [2.05, 4.69) is 15.0 Å². The predicted octanol–water partition coefficient (Wildman–Crippen LogP) is 3.53. The van der Waals surface area contributed by atoms with Crippen LogP contribution in [0.3, 0.4) is 0 Å². The molecule has 0 saturated carbocycles. The third-order valence-corrected chi connectivity index (χ3v) is 5.16. The molecule has 1 amide bonds. The molecule has 2 N–H and O–H groups in total. The molecular formula is C20H19N3O4S. The second-order valence-corrected chi connectivity index (χ2v) is 7.43. The van der Waals surface area contributed by atoms with E-state index < -0.39 is 15.9 Å². The number of anilines is 2. The molecule has 0 saturated heterocycles. The Morgan fingerprint density at radius 2 is 1.79 bits per heavy atom. The van der Waals surface area contributed by atoms with Gasteiger partial charge in [-0.2, -0.15) is 0 Å². The van der Waals surface area contributed by atoms with Crippen LogP contribution in [0.25, 0.3) is 0 Å². The number of aromatic nitrogens is 1. The minimum atomic E-state index is -3.87. The minimum Gasteiger partial charge on any atom is -0.494 e. The van der Waals surface area contributed by atoms with Gasteiger partial charge in [-0.25, -0.2) is 8.42 Å². The molecule has 144 valence electrons. The number of para-hydroxylation sites is 1. The van der Waals surface area contributed by atoms with E-state index >= 15 is 0 Å². The van der Waals surface area contributed by atoms with Crippen LogP contribution in [0.1, 0.15) is 17.3 Å². The molecule has 2 aromatic carbocycles. The van der Waals surface area contributed by atoms with E-state index in [-0.39, 0.29) is 16.1 Å². The van der Waals surface area contributed by atoms with E-state index in [1.165, 1.54) is 24.4 Å². The van der Waals surface area contributed by atoms with Crippen LogP contribution in [-0.4, -0.2) is 25.9 Å². The molecule has 0 aliphatic carbocycles. The van der Waals surface area contributed by atoms with Gasteiger partial charge in [0.15, 0.2) is 0 Å². The number of rotatable bonds is 7. The molecule has 7 nitrogen and oxygen atoms in total. The Bertz CT molecular complexity index is 1050. The zero-order valence-corrected chi connectivity index (χ0v) is 15.9. The van der Waals surface area contributed by atoms with Gasteiger partial charge in [0.2, 0.25) is 0 Å². The van der Waals surface area contributed by atoms with Crippen molar-refractivity contribution in [1.29, 1.82) is 0 Å². The van der Waals surface area contributed by atoms with Gasteiger partial charge in [-0.1, -0.05) is 12.1 Å². The molecular weight excluding hydrogens is 378 g/mol. The lowest BCUT2D eigenvalue weighted by molar-refractivity contribution is 0.102. The molecule has 0 bridgehead atoms. The Kier molecular flexibility index (Phi) is 5.90. The molecule has 3 aromatic rings. The van der Waals surface area contributed by atoms with Crippen LogP contribution in [-0.2, 0) is 10.0 Å². The lowest BCUT2D eigenvalue weighted by Gasteiger charge is -2.13. The molecule has 1 heterocycles. The number of sulfonamides is 1. The van der Waals surface area contributed by atoms with E-state index in [1.807, 2.05) is 6.92 Å². The molecule has 0 fully saturated rings. The van der Waals surface area contributed by atoms with Gasteiger partial charge in [0.25, 0.3) is 15.9 Å². The third-order valence-electron chi connectivity index (χ3n) is 3.78. The highest BCUT2D eigenvalue weighted by atomic mass is 32.2. The van der Waals surface area contributed by atoms with E-state index in [0.717, 1.165) is 0 Å². The Morgan fingerprint density at radius 1 is 1.04 bits per heavy atom. The topological polar surface area (TPSA) is 97.4 Å². The molecule has 0 spiro atoms. The summed E-state index contributed by atoms with van der Waals surface area (Å²) in [4.78, 5) is 16.6. The van der Waals surface area contributed by atoms with E-state index in [4.69, 9.17) is 4.74 Å². The Balaban J connectivity index is 1.83. The van der Waals surface area contributed by atoms with Crippen molar-refractivity contribution in [3.8, 4) is 5.75 Å². The van der Waals surface area contributed by atoms with Crippen molar-refractivity contribution in [3.63, 3.8) is 0 Å². The highest BCUT2D eigenvalue weighted by Crippen LogP contribution is 2.22. The summed E-state index contributed by atoms with van der Waals surface area (Å²) < 4.78 is 33.2. The maximum absolute atomic E-state index is 12.7. The van der Waals surface area contributed by atoms with Gasteiger partial charge in [0.05, 0.1) is 34.6 Å². The second kappa shape index (κ2) is 8.53. The number of pyridine rings is 1. The average molecular weight is 397 g/mol. The van der Waals surface area contributed by atoms with Crippen molar-refractivity contribution in [2.45, 2.75) is 11.8 Å². The summed E-state index contributed by atoms with van der Waals surface area (Å²) in [6, 6.07) is 15.8. The smallest absolute Gasteiger partial charge is 0.261 e. The number of carbonyl (C=O) groups excluding carboxylic acids is 1. The summed E-state index contributed by atoms with van der Waals surface area (Å²) in [5, 5.41) is 2.69. The molecule has 0 unspecified atom stereocenters. The normalized spacial score (nSPS) is 10.9. The van der Waals surface area contributed by atoms with Crippen LogP contribution < -0.4 is 14.8 Å². The summed E-state index contributed by atoms with van der Waals surface area (Å²) in [6.07, 6.45) is 3.10. The van der Waals surface area contributed by atoms with Crippen molar-refractivity contribution in [3.05, 3.63) is 78.6 Å². The standard InChI is InChI=1S/C20H19N3O4S/c1-2-27-16-9-11-17(12-10-16)28(25,26)23-19-8-4-3-7-18(19)20(24)22-15-6-5-13-21-14-15/h3-14,23H,2H2,1H3,(H,22,24). The summed E-state index contributed by atoms with van der Waals surface area (Å²) >= 11 is 0. The van der Waals surface area contributed by atoms with Gasteiger partial charge in [-0.3, -0.25) is 14.5 Å². The quantitative estimate of drug-likeness (QED) is 0.636. The lowest BCUT2D eigenvalue weighted by atomic mass is 10.1. The summed E-state index contributed by atoms with van der Waals surface area (Å²) in [5.41, 5.74) is 0.885. The first-order valence-corrected chi connectivity index (χ1v) is 10.0. The fourth-order valence-electron chi connectivity index (χ4n) is 2.49. The third kappa shape index (κ3) is 4.66. The van der Waals surface area contributed by atoms with Crippen molar-refractivity contribution in [1.82, 2.24) is 4.98 Å². The van der Waals surface area contributed by atoms with Gasteiger partial charge in [-0.15, -0.1) is 0 Å². The molecule has 28 heavy (non-hydrogen) atoms. The van der Waals surface area contributed by atoms with Gasteiger partial charge in [0.1, 0.15) is 5.75 Å². The number of nitrogens with zero attached hydrogens (tertiary/aromatic N) is 1. The summed E-state index contributed by atoms with van der Waals surface area (Å²) in [6.45, 7) is 2.34. The number of hydrogen-bond donors (Lipinski definition) is 2.